The lowest BCUT2D eigenvalue weighted by atomic mass is 9.91. The van der Waals surface area contributed by atoms with Crippen LogP contribution in [0.3, 0.4) is 0 Å². The van der Waals surface area contributed by atoms with Gasteiger partial charge in [-0.1, -0.05) is 6.07 Å². The second kappa shape index (κ2) is 7.76. The number of amides is 1. The number of hydrogen-bond donors (Lipinski definition) is 1. The summed E-state index contributed by atoms with van der Waals surface area (Å²) in [6, 6.07) is 4.01. The molecule has 26 heavy (non-hydrogen) atoms. The second-order valence-electron chi connectivity index (χ2n) is 6.77. The second-order valence-corrected chi connectivity index (χ2v) is 6.77. The van der Waals surface area contributed by atoms with Crippen LogP contribution in [-0.2, 0) is 6.42 Å². The van der Waals surface area contributed by atoms with E-state index in [1.54, 1.807) is 13.0 Å². The highest BCUT2D eigenvalue weighted by atomic mass is 19.2. The van der Waals surface area contributed by atoms with Crippen LogP contribution in [0.25, 0.3) is 0 Å². The van der Waals surface area contributed by atoms with Crippen LogP contribution in [0.15, 0.2) is 24.4 Å². The van der Waals surface area contributed by atoms with E-state index >= 15 is 0 Å². The summed E-state index contributed by atoms with van der Waals surface area (Å²) in [6.45, 7) is 3.09. The smallest absolute Gasteiger partial charge is 0.257 e. The van der Waals surface area contributed by atoms with E-state index in [4.69, 9.17) is 5.73 Å². The molecule has 7 heteroatoms. The van der Waals surface area contributed by atoms with Crippen molar-refractivity contribution in [1.82, 2.24) is 14.9 Å². The Labute approximate surface area is 151 Å². The molecule has 1 aromatic heterocycles. The van der Waals surface area contributed by atoms with E-state index in [0.717, 1.165) is 30.9 Å². The molecule has 2 aromatic rings. The lowest BCUT2D eigenvalue weighted by molar-refractivity contribution is 0.0666. The fraction of sp³-hybridized carbons (Fsp3) is 0.421. The third-order valence-electron chi connectivity index (χ3n) is 4.86. The molecule has 1 amide bonds. The first-order valence-electron chi connectivity index (χ1n) is 8.76. The summed E-state index contributed by atoms with van der Waals surface area (Å²) in [6.07, 6.45) is 4.90. The summed E-state index contributed by atoms with van der Waals surface area (Å²) in [4.78, 5) is 22.5. The highest BCUT2D eigenvalue weighted by molar-refractivity contribution is 5.95. The molecule has 0 spiro atoms. The lowest BCUT2D eigenvalue weighted by Crippen LogP contribution is -2.40. The van der Waals surface area contributed by atoms with E-state index in [-0.39, 0.29) is 11.9 Å². The highest BCUT2D eigenvalue weighted by Gasteiger charge is 2.26. The van der Waals surface area contributed by atoms with Crippen molar-refractivity contribution in [3.8, 4) is 0 Å². The molecule has 1 aliphatic rings. The van der Waals surface area contributed by atoms with Gasteiger partial charge < -0.3 is 10.6 Å². The number of aryl methyl sites for hydroxylation is 2. The summed E-state index contributed by atoms with van der Waals surface area (Å²) in [5, 5.41) is 0. The molecule has 0 bridgehead atoms. The number of carbonyl (C=O) groups excluding carboxylic acids is 1. The van der Waals surface area contributed by atoms with Crippen LogP contribution < -0.4 is 5.73 Å². The van der Waals surface area contributed by atoms with Gasteiger partial charge in [0.25, 0.3) is 5.91 Å². The Morgan fingerprint density at radius 3 is 2.88 bits per heavy atom. The summed E-state index contributed by atoms with van der Waals surface area (Å²) < 4.78 is 26.3. The number of hydrogen-bond acceptors (Lipinski definition) is 4. The molecule has 0 unspecified atom stereocenters. The van der Waals surface area contributed by atoms with Crippen molar-refractivity contribution in [2.45, 2.75) is 32.6 Å². The Balaban J connectivity index is 1.61. The number of nitrogen functional groups attached to an aromatic ring is 1. The van der Waals surface area contributed by atoms with E-state index in [0.29, 0.717) is 36.7 Å². The van der Waals surface area contributed by atoms with Crippen LogP contribution in [0.5, 0.6) is 0 Å². The number of anilines is 1. The molecule has 1 fully saturated rings. The SMILES string of the molecule is Cc1nc(N)ncc1C(=O)N1CCC[C@H](CCc2ccc(F)c(F)c2)C1. The van der Waals surface area contributed by atoms with Gasteiger partial charge in [0.2, 0.25) is 5.95 Å². The molecular formula is C19H22F2N4O. The fourth-order valence-electron chi connectivity index (χ4n) is 3.42. The Hall–Kier alpha value is -2.57. The van der Waals surface area contributed by atoms with Crippen molar-refractivity contribution in [2.75, 3.05) is 18.8 Å². The number of likely N-dealkylation sites (tertiary alicyclic amines) is 1. The van der Waals surface area contributed by atoms with E-state index in [1.807, 2.05) is 4.90 Å². The molecule has 2 heterocycles. The van der Waals surface area contributed by atoms with Gasteiger partial charge in [-0.25, -0.2) is 18.7 Å². The molecule has 0 saturated carbocycles. The Morgan fingerprint density at radius 2 is 2.15 bits per heavy atom. The average molecular weight is 360 g/mol. The summed E-state index contributed by atoms with van der Waals surface area (Å²) >= 11 is 0. The van der Waals surface area contributed by atoms with Gasteiger partial charge in [-0.15, -0.1) is 0 Å². The standard InChI is InChI=1S/C19H22F2N4O/c1-12-15(10-23-19(22)24-12)18(26)25-8-2-3-14(11-25)5-4-13-6-7-16(20)17(21)9-13/h6-7,9-10,14H,2-5,8,11H2,1H3,(H2,22,23,24)/t14-/m1/s1. The number of halogens is 2. The summed E-state index contributed by atoms with van der Waals surface area (Å²) in [5.74, 6) is -1.25. The monoisotopic (exact) mass is 360 g/mol. The number of nitrogens with zero attached hydrogens (tertiary/aromatic N) is 3. The number of piperidine rings is 1. The van der Waals surface area contributed by atoms with Gasteiger partial charge in [-0.05, 0) is 56.2 Å². The molecule has 2 N–H and O–H groups in total. The van der Waals surface area contributed by atoms with Gasteiger partial charge in [-0.2, -0.15) is 0 Å². The first kappa shape index (κ1) is 18.2. The molecule has 0 aliphatic carbocycles. The van der Waals surface area contributed by atoms with Gasteiger partial charge in [-0.3, -0.25) is 4.79 Å². The fourth-order valence-corrected chi connectivity index (χ4v) is 3.42. The maximum absolute atomic E-state index is 13.3. The quantitative estimate of drug-likeness (QED) is 0.909. The molecule has 0 radical (unpaired) electrons. The first-order valence-corrected chi connectivity index (χ1v) is 8.76. The number of carbonyl (C=O) groups is 1. The third kappa shape index (κ3) is 4.15. The molecule has 1 saturated heterocycles. The normalized spacial score (nSPS) is 17.3. The first-order chi connectivity index (χ1) is 12.4. The van der Waals surface area contributed by atoms with Crippen LogP contribution in [-0.4, -0.2) is 33.9 Å². The van der Waals surface area contributed by atoms with E-state index < -0.39 is 11.6 Å². The average Bonchev–Trinajstić information content (AvgIpc) is 2.62. The van der Waals surface area contributed by atoms with E-state index in [9.17, 15) is 13.6 Å². The van der Waals surface area contributed by atoms with Crippen molar-refractivity contribution >= 4 is 11.9 Å². The molecule has 5 nitrogen and oxygen atoms in total. The highest BCUT2D eigenvalue weighted by Crippen LogP contribution is 2.24. The number of rotatable bonds is 4. The van der Waals surface area contributed by atoms with Crippen LogP contribution in [0.2, 0.25) is 0 Å². The molecule has 1 aromatic carbocycles. The van der Waals surface area contributed by atoms with Crippen molar-refractivity contribution < 1.29 is 13.6 Å². The lowest BCUT2D eigenvalue weighted by Gasteiger charge is -2.33. The third-order valence-corrected chi connectivity index (χ3v) is 4.86. The van der Waals surface area contributed by atoms with Crippen LogP contribution >= 0.6 is 0 Å². The Morgan fingerprint density at radius 1 is 1.35 bits per heavy atom. The Bertz CT molecular complexity index is 812. The van der Waals surface area contributed by atoms with Gasteiger partial charge in [0.05, 0.1) is 11.3 Å². The van der Waals surface area contributed by atoms with Gasteiger partial charge in [0.15, 0.2) is 11.6 Å². The topological polar surface area (TPSA) is 72.1 Å². The van der Waals surface area contributed by atoms with Crippen molar-refractivity contribution in [1.29, 1.82) is 0 Å². The van der Waals surface area contributed by atoms with Crippen molar-refractivity contribution in [2.24, 2.45) is 5.92 Å². The number of nitrogens with two attached hydrogens (primary N) is 1. The predicted molar refractivity (Wildman–Crippen MR) is 94.5 cm³/mol. The van der Waals surface area contributed by atoms with Gasteiger partial charge in [0, 0.05) is 19.3 Å². The van der Waals surface area contributed by atoms with Crippen molar-refractivity contribution in [3.63, 3.8) is 0 Å². The van der Waals surface area contributed by atoms with Crippen molar-refractivity contribution in [3.05, 3.63) is 52.9 Å². The number of aromatic nitrogens is 2. The van der Waals surface area contributed by atoms with E-state index in [2.05, 4.69) is 9.97 Å². The molecule has 1 atom stereocenters. The van der Waals surface area contributed by atoms with Crippen LogP contribution in [0, 0.1) is 24.5 Å². The maximum Gasteiger partial charge on any atom is 0.257 e. The minimum absolute atomic E-state index is 0.0833. The van der Waals surface area contributed by atoms with Gasteiger partial charge in [0.1, 0.15) is 0 Å². The zero-order valence-corrected chi connectivity index (χ0v) is 14.7. The summed E-state index contributed by atoms with van der Waals surface area (Å²) in [7, 11) is 0. The summed E-state index contributed by atoms with van der Waals surface area (Å²) in [5.41, 5.74) is 7.37. The zero-order chi connectivity index (χ0) is 18.7. The zero-order valence-electron chi connectivity index (χ0n) is 14.7. The molecule has 1 aliphatic heterocycles. The molecule has 138 valence electrons. The minimum Gasteiger partial charge on any atom is -0.368 e. The maximum atomic E-state index is 13.3. The predicted octanol–water partition coefficient (Wildman–Crippen LogP) is 3.13. The van der Waals surface area contributed by atoms with Crippen LogP contribution in [0.4, 0.5) is 14.7 Å². The Kier molecular flexibility index (Phi) is 5.44. The van der Waals surface area contributed by atoms with Crippen LogP contribution in [0.1, 0.15) is 40.9 Å². The molecule has 3 rings (SSSR count). The number of benzene rings is 1. The molecular weight excluding hydrogens is 338 g/mol. The van der Waals surface area contributed by atoms with Gasteiger partial charge >= 0.3 is 0 Å². The van der Waals surface area contributed by atoms with E-state index in [1.165, 1.54) is 12.3 Å². The minimum atomic E-state index is -0.829. The largest absolute Gasteiger partial charge is 0.368 e.